The van der Waals surface area contributed by atoms with Crippen molar-refractivity contribution in [1.29, 1.82) is 0 Å². The van der Waals surface area contributed by atoms with E-state index in [1.54, 1.807) is 24.1 Å². The van der Waals surface area contributed by atoms with Crippen LogP contribution in [0.2, 0.25) is 0 Å². The molecular weight excluding hydrogens is 382 g/mol. The van der Waals surface area contributed by atoms with Crippen molar-refractivity contribution >= 4 is 23.6 Å². The van der Waals surface area contributed by atoms with Crippen LogP contribution < -0.4 is 10.1 Å². The van der Waals surface area contributed by atoms with Crippen molar-refractivity contribution in [1.82, 2.24) is 14.7 Å². The Morgan fingerprint density at radius 3 is 2.52 bits per heavy atom. The van der Waals surface area contributed by atoms with Crippen LogP contribution >= 0.6 is 0 Å². The maximum absolute atomic E-state index is 12.8. The number of piperidine rings is 1. The first kappa shape index (κ1) is 20.5. The van der Waals surface area contributed by atoms with Crippen LogP contribution in [0.5, 0.6) is 5.75 Å². The highest BCUT2D eigenvalue weighted by Gasteiger charge is 2.24. The zero-order chi connectivity index (χ0) is 20.8. The molecule has 2 heterocycles. The fourth-order valence-corrected chi connectivity index (χ4v) is 3.14. The summed E-state index contributed by atoms with van der Waals surface area (Å²) in [6.07, 6.45) is 7.32. The van der Waals surface area contributed by atoms with Gasteiger partial charge in [-0.2, -0.15) is 13.9 Å². The highest BCUT2D eigenvalue weighted by Crippen LogP contribution is 2.20. The molecule has 2 aromatic rings. The van der Waals surface area contributed by atoms with Gasteiger partial charge in [-0.25, -0.2) is 0 Å². The predicted octanol–water partition coefficient (Wildman–Crippen LogP) is 3.30. The Labute approximate surface area is 166 Å². The third-order valence-electron chi connectivity index (χ3n) is 4.57. The molecule has 0 aliphatic carbocycles. The van der Waals surface area contributed by atoms with E-state index in [2.05, 4.69) is 15.2 Å². The number of nitrogens with zero attached hydrogens (tertiary/aromatic N) is 3. The topological polar surface area (TPSA) is 76.5 Å². The summed E-state index contributed by atoms with van der Waals surface area (Å²) in [5, 5.41) is 6.77. The lowest BCUT2D eigenvalue weighted by Gasteiger charge is -2.26. The van der Waals surface area contributed by atoms with Gasteiger partial charge in [-0.05, 0) is 43.0 Å². The number of halogens is 2. The molecule has 1 fully saturated rings. The van der Waals surface area contributed by atoms with Crippen molar-refractivity contribution < 1.29 is 23.1 Å². The molecule has 7 nitrogen and oxygen atoms in total. The van der Waals surface area contributed by atoms with Crippen molar-refractivity contribution in [3.63, 3.8) is 0 Å². The standard InChI is InChI=1S/C20H22F2N4O3/c1-25-18(19(28)26-11-3-2-4-12-26)16(13-23-25)24-17(27)10-7-14-5-8-15(9-6-14)29-20(21)22/h5-10,13,20H,2-4,11-12H2,1H3,(H,24,27)/b10-7-. The zero-order valence-corrected chi connectivity index (χ0v) is 16.0. The van der Waals surface area contributed by atoms with E-state index >= 15 is 0 Å². The van der Waals surface area contributed by atoms with Crippen molar-refractivity contribution in [2.45, 2.75) is 25.9 Å². The number of nitrogens with one attached hydrogen (secondary N) is 1. The average molecular weight is 404 g/mol. The third-order valence-corrected chi connectivity index (χ3v) is 4.57. The van der Waals surface area contributed by atoms with Gasteiger partial charge >= 0.3 is 6.61 Å². The number of hydrogen-bond donors (Lipinski definition) is 1. The summed E-state index contributed by atoms with van der Waals surface area (Å²) in [6.45, 7) is -1.49. The number of rotatable bonds is 6. The number of aromatic nitrogens is 2. The number of likely N-dealkylation sites (tertiary alicyclic amines) is 1. The number of ether oxygens (including phenoxy) is 1. The van der Waals surface area contributed by atoms with Gasteiger partial charge in [0.25, 0.3) is 5.91 Å². The summed E-state index contributed by atoms with van der Waals surface area (Å²) in [5.74, 6) is -0.546. The fraction of sp³-hybridized carbons (Fsp3) is 0.350. The molecule has 9 heteroatoms. The van der Waals surface area contributed by atoms with Crippen LogP contribution in [0, 0.1) is 0 Å². The summed E-state index contributed by atoms with van der Waals surface area (Å²) in [5.41, 5.74) is 1.32. The van der Waals surface area contributed by atoms with Gasteiger partial charge in [0, 0.05) is 26.2 Å². The molecule has 1 saturated heterocycles. The zero-order valence-electron chi connectivity index (χ0n) is 16.0. The third kappa shape index (κ3) is 5.40. The number of amides is 2. The molecule has 0 radical (unpaired) electrons. The van der Waals surface area contributed by atoms with Crippen LogP contribution in [0.4, 0.5) is 14.5 Å². The van der Waals surface area contributed by atoms with Gasteiger partial charge in [-0.15, -0.1) is 0 Å². The molecule has 154 valence electrons. The first-order valence-corrected chi connectivity index (χ1v) is 9.29. The number of anilines is 1. The number of hydrogen-bond acceptors (Lipinski definition) is 4. The van der Waals surface area contributed by atoms with E-state index in [0.717, 1.165) is 19.3 Å². The molecule has 1 aliphatic rings. The van der Waals surface area contributed by atoms with Crippen molar-refractivity contribution in [2.75, 3.05) is 18.4 Å². The van der Waals surface area contributed by atoms with Gasteiger partial charge in [0.15, 0.2) is 0 Å². The summed E-state index contributed by atoms with van der Waals surface area (Å²) in [4.78, 5) is 26.8. The fourth-order valence-electron chi connectivity index (χ4n) is 3.14. The molecule has 0 saturated carbocycles. The van der Waals surface area contributed by atoms with Crippen molar-refractivity contribution in [2.24, 2.45) is 7.05 Å². The van der Waals surface area contributed by atoms with Crippen molar-refractivity contribution in [3.8, 4) is 5.75 Å². The van der Waals surface area contributed by atoms with Crippen molar-refractivity contribution in [3.05, 3.63) is 47.8 Å². The SMILES string of the molecule is Cn1ncc(NC(=O)/C=C\c2ccc(OC(F)F)cc2)c1C(=O)N1CCCCC1. The lowest BCUT2D eigenvalue weighted by molar-refractivity contribution is -0.111. The monoisotopic (exact) mass is 404 g/mol. The maximum Gasteiger partial charge on any atom is 0.387 e. The van der Waals surface area contributed by atoms with Crippen LogP contribution in [-0.2, 0) is 11.8 Å². The number of carbonyl (C=O) groups is 2. The Balaban J connectivity index is 1.65. The van der Waals surface area contributed by atoms with E-state index in [1.165, 1.54) is 35.2 Å². The summed E-state index contributed by atoms with van der Waals surface area (Å²) >= 11 is 0. The molecule has 0 bridgehead atoms. The molecule has 0 unspecified atom stereocenters. The van der Waals surface area contributed by atoms with Gasteiger partial charge in [0.1, 0.15) is 11.4 Å². The van der Waals surface area contributed by atoms with Gasteiger partial charge in [-0.1, -0.05) is 12.1 Å². The van der Waals surface area contributed by atoms with E-state index < -0.39 is 12.5 Å². The van der Waals surface area contributed by atoms with E-state index in [-0.39, 0.29) is 11.7 Å². The van der Waals surface area contributed by atoms with E-state index in [1.807, 2.05) is 0 Å². The van der Waals surface area contributed by atoms with Crippen LogP contribution in [0.1, 0.15) is 35.3 Å². The Kier molecular flexibility index (Phi) is 6.58. The molecule has 0 spiro atoms. The van der Waals surface area contributed by atoms with Gasteiger partial charge in [0.05, 0.1) is 11.9 Å². The van der Waals surface area contributed by atoms with E-state index in [0.29, 0.717) is 30.0 Å². The molecule has 1 aromatic carbocycles. The second kappa shape index (κ2) is 9.31. The minimum atomic E-state index is -2.89. The van der Waals surface area contributed by atoms with Gasteiger partial charge in [0.2, 0.25) is 5.91 Å². The molecule has 1 N–H and O–H groups in total. The van der Waals surface area contributed by atoms with E-state index in [9.17, 15) is 18.4 Å². The molecule has 2 amide bonds. The van der Waals surface area contributed by atoms with Crippen LogP contribution in [0.25, 0.3) is 6.08 Å². The normalized spacial score (nSPS) is 14.4. The molecule has 0 atom stereocenters. The Hall–Kier alpha value is -3.23. The molecule has 3 rings (SSSR count). The lowest BCUT2D eigenvalue weighted by Crippen LogP contribution is -2.37. The second-order valence-electron chi connectivity index (χ2n) is 6.65. The summed E-state index contributed by atoms with van der Waals surface area (Å²) in [6, 6.07) is 5.88. The quantitative estimate of drug-likeness (QED) is 0.750. The van der Waals surface area contributed by atoms with Crippen LogP contribution in [0.3, 0.4) is 0 Å². The van der Waals surface area contributed by atoms with Gasteiger partial charge in [-0.3, -0.25) is 14.3 Å². The molecular formula is C20H22F2N4O3. The number of carbonyl (C=O) groups excluding carboxylic acids is 2. The second-order valence-corrected chi connectivity index (χ2v) is 6.65. The minimum absolute atomic E-state index is 0.0397. The predicted molar refractivity (Wildman–Crippen MR) is 104 cm³/mol. The minimum Gasteiger partial charge on any atom is -0.435 e. The largest absolute Gasteiger partial charge is 0.435 e. The highest BCUT2D eigenvalue weighted by molar-refractivity contribution is 6.06. The molecule has 1 aliphatic heterocycles. The Bertz CT molecular complexity index is 888. The maximum atomic E-state index is 12.8. The first-order valence-electron chi connectivity index (χ1n) is 9.29. The molecule has 29 heavy (non-hydrogen) atoms. The first-order chi connectivity index (χ1) is 13.9. The van der Waals surface area contributed by atoms with Crippen LogP contribution in [0.15, 0.2) is 36.5 Å². The summed E-state index contributed by atoms with van der Waals surface area (Å²) in [7, 11) is 1.66. The van der Waals surface area contributed by atoms with Crippen LogP contribution in [-0.4, -0.2) is 46.2 Å². The Morgan fingerprint density at radius 1 is 1.17 bits per heavy atom. The number of aryl methyl sites for hydroxylation is 1. The Morgan fingerprint density at radius 2 is 1.86 bits per heavy atom. The number of benzene rings is 1. The van der Waals surface area contributed by atoms with Gasteiger partial charge < -0.3 is 15.0 Å². The average Bonchev–Trinajstić information content (AvgIpc) is 3.07. The smallest absolute Gasteiger partial charge is 0.387 e. The molecule has 1 aromatic heterocycles. The number of alkyl halides is 2. The summed E-state index contributed by atoms with van der Waals surface area (Å²) < 4.78 is 30.1. The lowest BCUT2D eigenvalue weighted by atomic mass is 10.1. The highest BCUT2D eigenvalue weighted by atomic mass is 19.3. The van der Waals surface area contributed by atoms with E-state index in [4.69, 9.17) is 0 Å².